The van der Waals surface area contributed by atoms with Crippen LogP contribution in [0.5, 0.6) is 0 Å². The fraction of sp³-hybridized carbons (Fsp3) is 0.526. The van der Waals surface area contributed by atoms with Gasteiger partial charge in [-0.3, -0.25) is 4.79 Å². The van der Waals surface area contributed by atoms with Crippen LogP contribution in [0.3, 0.4) is 0 Å². The second-order valence-electron chi connectivity index (χ2n) is 7.27. The number of rotatable bonds is 6. The molecule has 1 aromatic rings. The van der Waals surface area contributed by atoms with Crippen LogP contribution in [0.2, 0.25) is 0 Å². The maximum Gasteiger partial charge on any atom is 0.241 e. The molecule has 2 heterocycles. The first-order valence-corrected chi connectivity index (χ1v) is 11.0. The Morgan fingerprint density at radius 3 is 2.66 bits per heavy atom. The fourth-order valence-electron chi connectivity index (χ4n) is 3.35. The lowest BCUT2D eigenvalue weighted by molar-refractivity contribution is -0.136. The van der Waals surface area contributed by atoms with Crippen LogP contribution in [0.25, 0.3) is 0 Å². The zero-order chi connectivity index (χ0) is 21.0. The normalized spacial score (nSPS) is 25.9. The maximum atomic E-state index is 13.4. The van der Waals surface area contributed by atoms with E-state index in [1.54, 1.807) is 17.1 Å². The lowest BCUT2D eigenvalue weighted by Gasteiger charge is -2.35. The average Bonchev–Trinajstić information content (AvgIpc) is 2.69. The minimum atomic E-state index is -4.00. The van der Waals surface area contributed by atoms with Gasteiger partial charge in [0, 0.05) is 26.2 Å². The third kappa shape index (κ3) is 5.61. The number of carbonyl (C=O) groups is 1. The lowest BCUT2D eigenvalue weighted by Crippen LogP contribution is -2.50. The number of hydrogen-bond donors (Lipinski definition) is 2. The molecule has 0 radical (unpaired) electrons. The first kappa shape index (κ1) is 21.8. The van der Waals surface area contributed by atoms with E-state index in [9.17, 15) is 22.7 Å². The van der Waals surface area contributed by atoms with Crippen molar-refractivity contribution < 1.29 is 27.4 Å². The molecule has 3 rings (SSSR count). The highest BCUT2D eigenvalue weighted by Crippen LogP contribution is 2.19. The highest BCUT2D eigenvalue weighted by atomic mass is 32.2. The van der Waals surface area contributed by atoms with E-state index < -0.39 is 40.7 Å². The number of amides is 1. The molecular formula is C19H26FN3O5S. The number of benzene rings is 1. The molecule has 8 nitrogen and oxygen atoms in total. The van der Waals surface area contributed by atoms with Gasteiger partial charge in [0.1, 0.15) is 11.9 Å². The number of sulfonamides is 1. The summed E-state index contributed by atoms with van der Waals surface area (Å²) in [7, 11) is -1.99. The zero-order valence-electron chi connectivity index (χ0n) is 16.2. The van der Waals surface area contributed by atoms with Crippen molar-refractivity contribution in [2.24, 2.45) is 0 Å². The highest BCUT2D eigenvalue weighted by Gasteiger charge is 2.32. The van der Waals surface area contributed by atoms with Gasteiger partial charge >= 0.3 is 0 Å². The van der Waals surface area contributed by atoms with Gasteiger partial charge in [-0.15, -0.1) is 0 Å². The van der Waals surface area contributed by atoms with E-state index in [-0.39, 0.29) is 17.2 Å². The lowest BCUT2D eigenvalue weighted by atomic mass is 10.1. The predicted octanol–water partition coefficient (Wildman–Crippen LogP) is -0.0474. The van der Waals surface area contributed by atoms with Crippen LogP contribution in [0.15, 0.2) is 41.3 Å². The molecule has 0 spiro atoms. The first-order valence-electron chi connectivity index (χ1n) is 9.47. The molecule has 2 aliphatic heterocycles. The van der Waals surface area contributed by atoms with Gasteiger partial charge < -0.3 is 19.6 Å². The Bertz CT molecular complexity index is 855. The van der Waals surface area contributed by atoms with Crippen molar-refractivity contribution in [2.75, 3.05) is 39.8 Å². The van der Waals surface area contributed by atoms with Crippen molar-refractivity contribution in [3.05, 3.63) is 42.2 Å². The summed E-state index contributed by atoms with van der Waals surface area (Å²) in [4.78, 5) is 16.2. The Morgan fingerprint density at radius 2 is 2.00 bits per heavy atom. The summed E-state index contributed by atoms with van der Waals surface area (Å²) in [6, 6.07) is 3.83. The Kier molecular flexibility index (Phi) is 7.01. The topological polar surface area (TPSA) is 99.2 Å². The summed E-state index contributed by atoms with van der Waals surface area (Å²) < 4.78 is 46.5. The van der Waals surface area contributed by atoms with Crippen molar-refractivity contribution >= 4 is 15.9 Å². The number of halogens is 1. The number of aliphatic hydroxyl groups excluding tert-OH is 1. The van der Waals surface area contributed by atoms with Crippen LogP contribution in [0.1, 0.15) is 6.42 Å². The van der Waals surface area contributed by atoms with Crippen molar-refractivity contribution in [2.45, 2.75) is 29.6 Å². The van der Waals surface area contributed by atoms with E-state index in [0.29, 0.717) is 13.1 Å². The number of likely N-dealkylation sites (N-methyl/N-ethyl adjacent to an activating group) is 1. The van der Waals surface area contributed by atoms with E-state index in [0.717, 1.165) is 25.2 Å². The summed E-state index contributed by atoms with van der Waals surface area (Å²) in [5, 5.41) is 9.65. The molecule has 0 bridgehead atoms. The van der Waals surface area contributed by atoms with Crippen LogP contribution in [0, 0.1) is 5.82 Å². The monoisotopic (exact) mass is 427 g/mol. The summed E-state index contributed by atoms with van der Waals surface area (Å²) in [6.07, 6.45) is 1.92. The molecule has 0 unspecified atom stereocenters. The van der Waals surface area contributed by atoms with Crippen molar-refractivity contribution in [1.29, 1.82) is 0 Å². The van der Waals surface area contributed by atoms with Gasteiger partial charge in [-0.2, -0.15) is 0 Å². The molecule has 29 heavy (non-hydrogen) atoms. The highest BCUT2D eigenvalue weighted by molar-refractivity contribution is 7.89. The second-order valence-corrected chi connectivity index (χ2v) is 8.99. The summed E-state index contributed by atoms with van der Waals surface area (Å²) in [6.45, 7) is 2.52. The summed E-state index contributed by atoms with van der Waals surface area (Å²) in [5.74, 6) is -0.701. The molecule has 2 N–H and O–H groups in total. The molecular weight excluding hydrogens is 401 g/mol. The van der Waals surface area contributed by atoms with E-state index in [1.807, 2.05) is 7.05 Å². The van der Waals surface area contributed by atoms with E-state index in [4.69, 9.17) is 4.74 Å². The van der Waals surface area contributed by atoms with Crippen molar-refractivity contribution in [3.63, 3.8) is 0 Å². The largest absolute Gasteiger partial charge is 0.394 e. The van der Waals surface area contributed by atoms with Crippen LogP contribution in [-0.4, -0.2) is 87.3 Å². The van der Waals surface area contributed by atoms with Gasteiger partial charge in [-0.1, -0.05) is 18.2 Å². The number of ether oxygens (including phenoxy) is 1. The molecule has 3 atom stereocenters. The van der Waals surface area contributed by atoms with Gasteiger partial charge in [0.15, 0.2) is 0 Å². The molecule has 0 saturated carbocycles. The predicted molar refractivity (Wildman–Crippen MR) is 104 cm³/mol. The molecule has 0 aliphatic carbocycles. The SMILES string of the molecule is CN1CCN(C(=O)C[C@H]2C=C[C@@H](NS(=O)(=O)c3cccc(F)c3)[C@@H](CO)O2)CC1. The van der Waals surface area contributed by atoms with Crippen LogP contribution in [0.4, 0.5) is 4.39 Å². The third-order valence-corrected chi connectivity index (χ3v) is 6.55. The number of aliphatic hydroxyl groups is 1. The minimum Gasteiger partial charge on any atom is -0.394 e. The maximum absolute atomic E-state index is 13.4. The Morgan fingerprint density at radius 1 is 1.28 bits per heavy atom. The van der Waals surface area contributed by atoms with Crippen molar-refractivity contribution in [1.82, 2.24) is 14.5 Å². The van der Waals surface area contributed by atoms with E-state index in [1.165, 1.54) is 12.1 Å². The first-order chi connectivity index (χ1) is 13.8. The van der Waals surface area contributed by atoms with Crippen LogP contribution in [-0.2, 0) is 19.6 Å². The van der Waals surface area contributed by atoms with Gasteiger partial charge in [-0.25, -0.2) is 17.5 Å². The molecule has 2 aliphatic rings. The smallest absolute Gasteiger partial charge is 0.241 e. The Balaban J connectivity index is 1.63. The van der Waals surface area contributed by atoms with Gasteiger partial charge in [0.05, 0.1) is 30.1 Å². The summed E-state index contributed by atoms with van der Waals surface area (Å²) >= 11 is 0. The fourth-order valence-corrected chi connectivity index (χ4v) is 4.60. The number of piperazine rings is 1. The Labute approximate surface area is 170 Å². The zero-order valence-corrected chi connectivity index (χ0v) is 17.0. The minimum absolute atomic E-state index is 0.0387. The standard InChI is InChI=1S/C19H26FN3O5S/c1-22-7-9-23(10-8-22)19(25)12-15-5-6-17(18(13-24)28-15)21-29(26,27)16-4-2-3-14(20)11-16/h2-6,11,15,17-18,21,24H,7-10,12-13H2,1H3/t15-,17-,18-/m1/s1. The van der Waals surface area contributed by atoms with Gasteiger partial charge in [0.2, 0.25) is 15.9 Å². The molecule has 1 amide bonds. The number of carbonyl (C=O) groups excluding carboxylic acids is 1. The number of hydrogen-bond acceptors (Lipinski definition) is 6. The Hall–Kier alpha value is -1.85. The number of nitrogens with zero attached hydrogens (tertiary/aromatic N) is 2. The average molecular weight is 427 g/mol. The molecule has 1 saturated heterocycles. The molecule has 1 fully saturated rings. The molecule has 160 valence electrons. The van der Waals surface area contributed by atoms with Crippen LogP contribution < -0.4 is 4.72 Å². The third-order valence-electron chi connectivity index (χ3n) is 5.09. The second kappa shape index (κ2) is 9.31. The quantitative estimate of drug-likeness (QED) is 0.618. The molecule has 10 heteroatoms. The van der Waals surface area contributed by atoms with E-state index in [2.05, 4.69) is 9.62 Å². The molecule has 1 aromatic carbocycles. The van der Waals surface area contributed by atoms with E-state index >= 15 is 0 Å². The molecule has 0 aromatic heterocycles. The van der Waals surface area contributed by atoms with Crippen LogP contribution >= 0.6 is 0 Å². The summed E-state index contributed by atoms with van der Waals surface area (Å²) in [5.41, 5.74) is 0. The number of nitrogens with one attached hydrogen (secondary N) is 1. The van der Waals surface area contributed by atoms with Gasteiger partial charge in [-0.05, 0) is 25.2 Å². The van der Waals surface area contributed by atoms with Crippen molar-refractivity contribution in [3.8, 4) is 0 Å². The van der Waals surface area contributed by atoms with Gasteiger partial charge in [0.25, 0.3) is 0 Å².